The van der Waals surface area contributed by atoms with Crippen molar-refractivity contribution in [2.24, 2.45) is 0 Å². The smallest absolute Gasteiger partial charge is 0.252 e. The molecule has 2 aromatic rings. The molecule has 0 saturated carbocycles. The van der Waals surface area contributed by atoms with Crippen LogP contribution in [0.2, 0.25) is 0 Å². The summed E-state index contributed by atoms with van der Waals surface area (Å²) in [4.78, 5) is 4.37. The van der Waals surface area contributed by atoms with Crippen molar-refractivity contribution in [2.45, 2.75) is 58.5 Å². The highest BCUT2D eigenvalue weighted by atomic mass is 19.4. The topological polar surface area (TPSA) is 12.9 Å². The molecule has 0 radical (unpaired) electrons. The minimum Gasteiger partial charge on any atom is -0.252 e. The Labute approximate surface area is 129 Å². The fraction of sp³-hybridized carbons (Fsp3) is 0.500. The first-order chi connectivity index (χ1) is 9.82. The van der Waals surface area contributed by atoms with Gasteiger partial charge in [-0.05, 0) is 23.1 Å². The molecule has 0 amide bonds. The average Bonchev–Trinajstić information content (AvgIpc) is 2.33. The molecule has 0 bridgehead atoms. The number of pyridine rings is 1. The van der Waals surface area contributed by atoms with Gasteiger partial charge in [-0.1, -0.05) is 53.7 Å². The van der Waals surface area contributed by atoms with Gasteiger partial charge in [0.1, 0.15) is 0 Å². The fourth-order valence-corrected chi connectivity index (χ4v) is 2.48. The van der Waals surface area contributed by atoms with Gasteiger partial charge in [-0.15, -0.1) is 0 Å². The summed E-state index contributed by atoms with van der Waals surface area (Å²) in [6, 6.07) is 6.24. The van der Waals surface area contributed by atoms with Gasteiger partial charge >= 0.3 is 6.18 Å². The maximum Gasteiger partial charge on any atom is 0.418 e. The number of hydrogen-bond acceptors (Lipinski definition) is 1. The number of alkyl halides is 3. The van der Waals surface area contributed by atoms with Gasteiger partial charge in [0.25, 0.3) is 0 Å². The van der Waals surface area contributed by atoms with Gasteiger partial charge in [0, 0.05) is 16.5 Å². The van der Waals surface area contributed by atoms with Crippen molar-refractivity contribution in [3.05, 3.63) is 41.1 Å². The number of para-hydroxylation sites is 1. The van der Waals surface area contributed by atoms with Crippen LogP contribution in [0, 0.1) is 0 Å². The molecule has 1 aromatic carbocycles. The van der Waals surface area contributed by atoms with E-state index in [9.17, 15) is 13.2 Å². The largest absolute Gasteiger partial charge is 0.418 e. The Morgan fingerprint density at radius 2 is 1.41 bits per heavy atom. The molecule has 0 spiro atoms. The lowest BCUT2D eigenvalue weighted by Crippen LogP contribution is -2.19. The van der Waals surface area contributed by atoms with E-state index in [1.54, 1.807) is 6.07 Å². The van der Waals surface area contributed by atoms with Crippen molar-refractivity contribution in [3.8, 4) is 0 Å². The number of aromatic nitrogens is 1. The Bertz CT molecular complexity index is 701. The number of halogens is 3. The van der Waals surface area contributed by atoms with Crippen molar-refractivity contribution in [3.63, 3.8) is 0 Å². The first-order valence-corrected chi connectivity index (χ1v) is 7.34. The van der Waals surface area contributed by atoms with Crippen LogP contribution in [0.25, 0.3) is 10.9 Å². The van der Waals surface area contributed by atoms with E-state index in [1.165, 1.54) is 6.07 Å². The third-order valence-electron chi connectivity index (χ3n) is 3.72. The zero-order chi connectivity index (χ0) is 16.9. The van der Waals surface area contributed by atoms with Crippen molar-refractivity contribution >= 4 is 10.9 Å². The Kier molecular flexibility index (Phi) is 3.79. The summed E-state index contributed by atoms with van der Waals surface area (Å²) in [7, 11) is 0. The summed E-state index contributed by atoms with van der Waals surface area (Å²) >= 11 is 0. The second kappa shape index (κ2) is 4.97. The molecule has 1 nitrogen and oxygen atoms in total. The molecular formula is C18H22F3N. The van der Waals surface area contributed by atoms with Gasteiger partial charge in [0.15, 0.2) is 0 Å². The van der Waals surface area contributed by atoms with Crippen molar-refractivity contribution in [1.29, 1.82) is 0 Å². The summed E-state index contributed by atoms with van der Waals surface area (Å²) < 4.78 is 40.0. The number of benzene rings is 1. The highest BCUT2D eigenvalue weighted by Crippen LogP contribution is 2.39. The van der Waals surface area contributed by atoms with Crippen LogP contribution >= 0.6 is 0 Å². The van der Waals surface area contributed by atoms with E-state index in [0.717, 1.165) is 11.6 Å². The molecule has 4 heteroatoms. The third-order valence-corrected chi connectivity index (χ3v) is 3.72. The summed E-state index contributed by atoms with van der Waals surface area (Å²) in [5, 5.41) is 0.579. The van der Waals surface area contributed by atoms with Crippen molar-refractivity contribution in [2.75, 3.05) is 0 Å². The molecule has 1 heterocycles. The lowest BCUT2D eigenvalue weighted by molar-refractivity contribution is -0.136. The van der Waals surface area contributed by atoms with Crippen molar-refractivity contribution < 1.29 is 13.2 Å². The molecule has 0 N–H and O–H groups in total. The average molecular weight is 309 g/mol. The van der Waals surface area contributed by atoms with Crippen molar-refractivity contribution in [1.82, 2.24) is 4.98 Å². The molecule has 0 atom stereocenters. The third kappa shape index (κ3) is 3.11. The van der Waals surface area contributed by atoms with E-state index >= 15 is 0 Å². The Balaban J connectivity index is 2.96. The normalized spacial score (nSPS) is 13.7. The summed E-state index contributed by atoms with van der Waals surface area (Å²) in [5.74, 6) is 0. The molecule has 0 aliphatic heterocycles. The maximum absolute atomic E-state index is 13.3. The van der Waals surface area contributed by atoms with E-state index in [4.69, 9.17) is 0 Å². The lowest BCUT2D eigenvalue weighted by Gasteiger charge is -2.26. The molecule has 2 rings (SSSR count). The monoisotopic (exact) mass is 309 g/mol. The first-order valence-electron chi connectivity index (χ1n) is 7.34. The van der Waals surface area contributed by atoms with Gasteiger partial charge in [0.2, 0.25) is 0 Å². The van der Waals surface area contributed by atoms with E-state index in [2.05, 4.69) is 4.98 Å². The summed E-state index contributed by atoms with van der Waals surface area (Å²) in [6.07, 6.45) is -4.40. The molecule has 120 valence electrons. The second-order valence-electron chi connectivity index (χ2n) is 7.75. The SMILES string of the molecule is CC(C)(C)c1cc(C(C)(C)C)c2cccc(C(F)(F)F)c2n1. The molecule has 0 saturated heterocycles. The van der Waals surface area contributed by atoms with E-state index in [0.29, 0.717) is 11.1 Å². The van der Waals surface area contributed by atoms with Gasteiger partial charge in [-0.25, -0.2) is 0 Å². The molecule has 22 heavy (non-hydrogen) atoms. The van der Waals surface area contributed by atoms with Gasteiger partial charge in [-0.2, -0.15) is 13.2 Å². The molecular weight excluding hydrogens is 287 g/mol. The minimum atomic E-state index is -4.40. The number of fused-ring (bicyclic) bond motifs is 1. The van der Waals surface area contributed by atoms with Crippen LogP contribution in [0.4, 0.5) is 13.2 Å². The molecule has 0 aliphatic rings. The Morgan fingerprint density at radius 1 is 0.818 bits per heavy atom. The van der Waals surface area contributed by atoms with Crippen LogP contribution in [0.3, 0.4) is 0 Å². The predicted molar refractivity (Wildman–Crippen MR) is 84.1 cm³/mol. The Morgan fingerprint density at radius 3 is 1.86 bits per heavy atom. The predicted octanol–water partition coefficient (Wildman–Crippen LogP) is 5.85. The molecule has 1 aromatic heterocycles. The fourth-order valence-electron chi connectivity index (χ4n) is 2.48. The minimum absolute atomic E-state index is 0.0485. The van der Waals surface area contributed by atoms with Gasteiger partial charge in [0.05, 0.1) is 11.1 Å². The maximum atomic E-state index is 13.3. The van der Waals surface area contributed by atoms with Crippen LogP contribution < -0.4 is 0 Å². The number of nitrogens with zero attached hydrogens (tertiary/aromatic N) is 1. The zero-order valence-corrected chi connectivity index (χ0v) is 13.9. The highest BCUT2D eigenvalue weighted by molar-refractivity contribution is 5.86. The zero-order valence-electron chi connectivity index (χ0n) is 13.9. The first kappa shape index (κ1) is 16.8. The van der Waals surface area contributed by atoms with Crippen LogP contribution in [0.5, 0.6) is 0 Å². The number of rotatable bonds is 0. The van der Waals surface area contributed by atoms with Crippen LogP contribution in [0.1, 0.15) is 58.4 Å². The van der Waals surface area contributed by atoms with Gasteiger partial charge < -0.3 is 0 Å². The molecule has 0 unspecified atom stereocenters. The van der Waals surface area contributed by atoms with E-state index in [1.807, 2.05) is 47.6 Å². The number of hydrogen-bond donors (Lipinski definition) is 0. The quantitative estimate of drug-likeness (QED) is 0.595. The summed E-state index contributed by atoms with van der Waals surface area (Å²) in [5.41, 5.74) is 0.391. The standard InChI is InChI=1S/C18H22F3N/c1-16(2,3)13-10-14(17(4,5)6)22-15-11(13)8-7-9-12(15)18(19,20)21/h7-10H,1-6H3. The molecule has 0 fully saturated rings. The lowest BCUT2D eigenvalue weighted by atomic mass is 9.81. The van der Waals surface area contributed by atoms with Gasteiger partial charge in [-0.3, -0.25) is 4.98 Å². The second-order valence-corrected chi connectivity index (χ2v) is 7.75. The van der Waals surface area contributed by atoms with Crippen LogP contribution in [-0.2, 0) is 17.0 Å². The highest BCUT2D eigenvalue weighted by Gasteiger charge is 2.34. The van der Waals surface area contributed by atoms with E-state index < -0.39 is 11.7 Å². The Hall–Kier alpha value is -1.58. The van der Waals surface area contributed by atoms with Crippen LogP contribution in [0.15, 0.2) is 24.3 Å². The molecule has 0 aliphatic carbocycles. The van der Waals surface area contributed by atoms with Crippen LogP contribution in [-0.4, -0.2) is 4.98 Å². The van der Waals surface area contributed by atoms with E-state index in [-0.39, 0.29) is 16.3 Å². The summed E-state index contributed by atoms with van der Waals surface area (Å²) in [6.45, 7) is 11.9.